The van der Waals surface area contributed by atoms with Crippen molar-refractivity contribution in [3.8, 4) is 5.75 Å². The van der Waals surface area contributed by atoms with Gasteiger partial charge in [0.2, 0.25) is 0 Å². The number of halogens is 1. The Kier molecular flexibility index (Phi) is 3.90. The van der Waals surface area contributed by atoms with Crippen molar-refractivity contribution >= 4 is 28.3 Å². The average Bonchev–Trinajstić information content (AvgIpc) is 2.70. The second kappa shape index (κ2) is 6.31. The summed E-state index contributed by atoms with van der Waals surface area (Å²) in [6.45, 7) is 3.07. The number of aryl methyl sites for hydroxylation is 2. The molecular formula is C22H20ClNO3. The smallest absolute Gasteiger partial charge is 0.339 e. The fraction of sp³-hybridized carbons (Fsp3) is 0.318. The molecule has 5 rings (SSSR count). The minimum Gasteiger partial charge on any atom is -0.471 e. The lowest BCUT2D eigenvalue weighted by molar-refractivity contribution is 0.289. The van der Waals surface area contributed by atoms with Crippen molar-refractivity contribution in [3.63, 3.8) is 0 Å². The van der Waals surface area contributed by atoms with Gasteiger partial charge in [0, 0.05) is 16.6 Å². The summed E-state index contributed by atoms with van der Waals surface area (Å²) in [5.41, 5.74) is 5.46. The maximum Gasteiger partial charge on any atom is 0.339 e. The Morgan fingerprint density at radius 2 is 1.78 bits per heavy atom. The highest BCUT2D eigenvalue weighted by molar-refractivity contribution is 6.33. The van der Waals surface area contributed by atoms with Gasteiger partial charge in [-0.25, -0.2) is 4.79 Å². The molecule has 0 fully saturated rings. The fourth-order valence-corrected chi connectivity index (χ4v) is 4.47. The number of hydrogen-bond acceptors (Lipinski definition) is 4. The van der Waals surface area contributed by atoms with Gasteiger partial charge in [-0.05, 0) is 56.4 Å². The molecule has 1 aromatic heterocycles. The van der Waals surface area contributed by atoms with Gasteiger partial charge in [0.25, 0.3) is 0 Å². The number of anilines is 1. The quantitative estimate of drug-likeness (QED) is 0.557. The molecule has 27 heavy (non-hydrogen) atoms. The van der Waals surface area contributed by atoms with Crippen molar-refractivity contribution < 1.29 is 9.15 Å². The third kappa shape index (κ3) is 2.71. The highest BCUT2D eigenvalue weighted by atomic mass is 35.5. The van der Waals surface area contributed by atoms with E-state index in [9.17, 15) is 4.79 Å². The van der Waals surface area contributed by atoms with Crippen molar-refractivity contribution in [1.82, 2.24) is 0 Å². The number of fused-ring (bicyclic) bond motifs is 5. The van der Waals surface area contributed by atoms with Crippen molar-refractivity contribution in [2.45, 2.75) is 39.2 Å². The summed E-state index contributed by atoms with van der Waals surface area (Å²) < 4.78 is 11.8. The van der Waals surface area contributed by atoms with Gasteiger partial charge in [0.05, 0.1) is 17.1 Å². The molecule has 0 spiro atoms. The molecule has 0 bridgehead atoms. The molecule has 2 aromatic carbocycles. The first-order valence-electron chi connectivity index (χ1n) is 9.36. The molecular weight excluding hydrogens is 362 g/mol. The molecule has 0 atom stereocenters. The van der Waals surface area contributed by atoms with Crippen LogP contribution in [0.4, 0.5) is 5.69 Å². The van der Waals surface area contributed by atoms with Gasteiger partial charge in [-0.3, -0.25) is 0 Å². The molecule has 3 aromatic rings. The molecule has 0 unspecified atom stereocenters. The molecule has 5 heteroatoms. The second-order valence-electron chi connectivity index (χ2n) is 7.40. The van der Waals surface area contributed by atoms with Gasteiger partial charge < -0.3 is 14.1 Å². The summed E-state index contributed by atoms with van der Waals surface area (Å²) in [6, 6.07) is 10.2. The minimum atomic E-state index is -0.214. The van der Waals surface area contributed by atoms with Crippen LogP contribution >= 0.6 is 11.6 Å². The maximum absolute atomic E-state index is 12.6. The van der Waals surface area contributed by atoms with Crippen LogP contribution in [0.3, 0.4) is 0 Å². The Morgan fingerprint density at radius 3 is 2.56 bits per heavy atom. The Balaban J connectivity index is 1.68. The molecule has 0 saturated heterocycles. The molecule has 0 amide bonds. The van der Waals surface area contributed by atoms with E-state index in [1.54, 1.807) is 0 Å². The molecule has 2 aliphatic rings. The van der Waals surface area contributed by atoms with Gasteiger partial charge in [0.15, 0.2) is 6.73 Å². The van der Waals surface area contributed by atoms with Crippen LogP contribution in [0.25, 0.3) is 11.0 Å². The molecule has 1 aliphatic carbocycles. The van der Waals surface area contributed by atoms with E-state index in [2.05, 4.69) is 36.1 Å². The molecule has 4 nitrogen and oxygen atoms in total. The van der Waals surface area contributed by atoms with Crippen molar-refractivity contribution in [2.24, 2.45) is 0 Å². The first kappa shape index (κ1) is 16.7. The lowest BCUT2D eigenvalue weighted by Gasteiger charge is -2.32. The topological polar surface area (TPSA) is 42.7 Å². The van der Waals surface area contributed by atoms with Crippen LogP contribution in [0.1, 0.15) is 35.1 Å². The summed E-state index contributed by atoms with van der Waals surface area (Å²) in [5, 5.41) is 1.55. The van der Waals surface area contributed by atoms with E-state index in [1.165, 1.54) is 5.56 Å². The molecule has 0 N–H and O–H groups in total. The van der Waals surface area contributed by atoms with E-state index >= 15 is 0 Å². The van der Waals surface area contributed by atoms with E-state index in [1.807, 2.05) is 6.07 Å². The van der Waals surface area contributed by atoms with Crippen molar-refractivity contribution in [2.75, 3.05) is 11.6 Å². The van der Waals surface area contributed by atoms with Gasteiger partial charge in [-0.15, -0.1) is 0 Å². The normalized spacial score (nSPS) is 16.0. The van der Waals surface area contributed by atoms with Crippen LogP contribution in [0.2, 0.25) is 5.02 Å². The zero-order chi connectivity index (χ0) is 18.5. The molecule has 0 saturated carbocycles. The van der Waals surface area contributed by atoms with Crippen LogP contribution in [-0.2, 0) is 19.4 Å². The maximum atomic E-state index is 12.6. The summed E-state index contributed by atoms with van der Waals surface area (Å²) in [7, 11) is 0. The lowest BCUT2D eigenvalue weighted by Crippen LogP contribution is -2.32. The van der Waals surface area contributed by atoms with Crippen LogP contribution in [0, 0.1) is 6.92 Å². The van der Waals surface area contributed by atoms with E-state index in [0.29, 0.717) is 29.6 Å². The third-order valence-electron chi connectivity index (χ3n) is 5.63. The highest BCUT2D eigenvalue weighted by Gasteiger charge is 2.27. The van der Waals surface area contributed by atoms with Crippen LogP contribution in [0.15, 0.2) is 39.5 Å². The SMILES string of the molecule is Cc1ccc(N2COc3c(Cl)cc4c5c(c(=O)oc4c3C2)CCCC5)cc1. The van der Waals surface area contributed by atoms with Gasteiger partial charge >= 0.3 is 5.63 Å². The van der Waals surface area contributed by atoms with Gasteiger partial charge in [-0.2, -0.15) is 0 Å². The Hall–Kier alpha value is -2.46. The Bertz CT molecular complexity index is 1100. The highest BCUT2D eigenvalue weighted by Crippen LogP contribution is 2.41. The van der Waals surface area contributed by atoms with E-state index < -0.39 is 0 Å². The van der Waals surface area contributed by atoms with Gasteiger partial charge in [-0.1, -0.05) is 29.3 Å². The first-order valence-corrected chi connectivity index (χ1v) is 9.74. The molecule has 0 radical (unpaired) electrons. The summed E-state index contributed by atoms with van der Waals surface area (Å²) >= 11 is 6.55. The Labute approximate surface area is 162 Å². The zero-order valence-corrected chi connectivity index (χ0v) is 15.9. The third-order valence-corrected chi connectivity index (χ3v) is 5.91. The number of hydrogen-bond donors (Lipinski definition) is 0. The minimum absolute atomic E-state index is 0.214. The zero-order valence-electron chi connectivity index (χ0n) is 15.2. The fourth-order valence-electron chi connectivity index (χ4n) is 4.19. The molecule has 138 valence electrons. The molecule has 2 heterocycles. The van der Waals surface area contributed by atoms with Crippen LogP contribution < -0.4 is 15.3 Å². The lowest BCUT2D eigenvalue weighted by atomic mass is 9.90. The first-order chi connectivity index (χ1) is 13.1. The number of benzene rings is 2. The monoisotopic (exact) mass is 381 g/mol. The summed E-state index contributed by atoms with van der Waals surface area (Å²) in [4.78, 5) is 14.7. The predicted molar refractivity (Wildman–Crippen MR) is 107 cm³/mol. The summed E-state index contributed by atoms with van der Waals surface area (Å²) in [5.74, 6) is 0.631. The number of nitrogens with zero attached hydrogens (tertiary/aromatic N) is 1. The van der Waals surface area contributed by atoms with E-state index in [-0.39, 0.29) is 5.63 Å². The van der Waals surface area contributed by atoms with Crippen LogP contribution in [0.5, 0.6) is 5.75 Å². The summed E-state index contributed by atoms with van der Waals surface area (Å²) in [6.07, 6.45) is 3.81. The van der Waals surface area contributed by atoms with E-state index in [0.717, 1.165) is 53.4 Å². The predicted octanol–water partition coefficient (Wildman–Crippen LogP) is 4.99. The van der Waals surface area contributed by atoms with Crippen LogP contribution in [-0.4, -0.2) is 6.73 Å². The van der Waals surface area contributed by atoms with Gasteiger partial charge in [0.1, 0.15) is 11.3 Å². The number of ether oxygens (including phenoxy) is 1. The standard InChI is InChI=1S/C22H20ClNO3/c1-13-6-8-14(9-7-13)24-11-18-20-17(10-19(23)21(18)26-12-24)15-4-2-3-5-16(15)22(25)27-20/h6-10H,2-5,11-12H2,1H3. The second-order valence-corrected chi connectivity index (χ2v) is 7.81. The van der Waals surface area contributed by atoms with E-state index in [4.69, 9.17) is 20.8 Å². The van der Waals surface area contributed by atoms with Crippen molar-refractivity contribution in [1.29, 1.82) is 0 Å². The molecule has 1 aliphatic heterocycles. The average molecular weight is 382 g/mol. The number of rotatable bonds is 1. The van der Waals surface area contributed by atoms with Crippen molar-refractivity contribution in [3.05, 3.63) is 68.0 Å². The Morgan fingerprint density at radius 1 is 1.04 bits per heavy atom. The largest absolute Gasteiger partial charge is 0.471 e.